The van der Waals surface area contributed by atoms with Crippen LogP contribution in [0, 0.1) is 0 Å². The second-order valence-corrected chi connectivity index (χ2v) is 5.49. The average Bonchev–Trinajstić information content (AvgIpc) is 2.78. The van der Waals surface area contributed by atoms with E-state index in [2.05, 4.69) is 30.9 Å². The van der Waals surface area contributed by atoms with Crippen molar-refractivity contribution in [1.82, 2.24) is 14.8 Å². The Bertz CT molecular complexity index is 509. The molecule has 96 valence electrons. The molecule has 1 aromatic carbocycles. The molecule has 1 aromatic heterocycles. The van der Waals surface area contributed by atoms with Crippen LogP contribution in [0.5, 0.6) is 0 Å². The molecule has 0 fully saturated rings. The minimum atomic E-state index is -0.0218. The highest BCUT2D eigenvalue weighted by Crippen LogP contribution is 2.17. The fraction of sp³-hybridized carbons (Fsp3) is 0.429. The molecule has 0 bridgehead atoms. The van der Waals surface area contributed by atoms with Gasteiger partial charge in [-0.15, -0.1) is 0 Å². The van der Waals surface area contributed by atoms with E-state index >= 15 is 0 Å². The van der Waals surface area contributed by atoms with Crippen molar-refractivity contribution in [3.63, 3.8) is 0 Å². The molecule has 0 aliphatic rings. The van der Waals surface area contributed by atoms with Crippen LogP contribution in [0.25, 0.3) is 0 Å². The highest BCUT2D eigenvalue weighted by atomic mass is 16.3. The van der Waals surface area contributed by atoms with E-state index in [9.17, 15) is 0 Å². The predicted octanol–water partition coefficient (Wildman–Crippen LogP) is 2.12. The number of aliphatic hydroxyl groups excluding tert-OH is 1. The Morgan fingerprint density at radius 2 is 1.72 bits per heavy atom. The molecule has 0 unspecified atom stereocenters. The Labute approximate surface area is 107 Å². The number of nitrogens with zero attached hydrogens (tertiary/aromatic N) is 3. The molecule has 0 aliphatic carbocycles. The Balaban J connectivity index is 2.11. The molecular weight excluding hydrogens is 226 g/mol. The summed E-state index contributed by atoms with van der Waals surface area (Å²) in [5.74, 6) is 0.856. The van der Waals surface area contributed by atoms with Gasteiger partial charge in [0.25, 0.3) is 0 Å². The van der Waals surface area contributed by atoms with Crippen molar-refractivity contribution in [3.8, 4) is 0 Å². The lowest BCUT2D eigenvalue weighted by atomic mass is 9.96. The number of rotatable bonds is 3. The Kier molecular flexibility index (Phi) is 3.48. The van der Waals surface area contributed by atoms with Crippen LogP contribution in [-0.2, 0) is 18.6 Å². The fourth-order valence-corrected chi connectivity index (χ4v) is 1.65. The predicted molar refractivity (Wildman–Crippen MR) is 70.2 cm³/mol. The zero-order valence-corrected chi connectivity index (χ0v) is 11.1. The van der Waals surface area contributed by atoms with E-state index < -0.39 is 0 Å². The van der Waals surface area contributed by atoms with Crippen LogP contribution in [0.4, 0.5) is 0 Å². The first kappa shape index (κ1) is 12.8. The van der Waals surface area contributed by atoms with Gasteiger partial charge in [-0.2, -0.15) is 5.10 Å². The molecule has 0 amide bonds. The highest BCUT2D eigenvalue weighted by Gasteiger charge is 2.18. The van der Waals surface area contributed by atoms with Crippen molar-refractivity contribution in [2.75, 3.05) is 0 Å². The third-order valence-corrected chi connectivity index (χ3v) is 2.76. The standard InChI is InChI=1S/C14H19N3O/c1-14(2,3)13-15-10-17(16-13)8-11-4-6-12(9-18)7-5-11/h4-7,10,18H,8-9H2,1-3H3. The minimum Gasteiger partial charge on any atom is -0.392 e. The van der Waals surface area contributed by atoms with E-state index in [0.717, 1.165) is 17.0 Å². The van der Waals surface area contributed by atoms with Crippen LogP contribution in [0.2, 0.25) is 0 Å². The van der Waals surface area contributed by atoms with Gasteiger partial charge in [-0.05, 0) is 11.1 Å². The van der Waals surface area contributed by atoms with E-state index in [1.165, 1.54) is 0 Å². The second kappa shape index (κ2) is 4.90. The van der Waals surface area contributed by atoms with Crippen molar-refractivity contribution in [2.24, 2.45) is 0 Å². The van der Waals surface area contributed by atoms with E-state index in [-0.39, 0.29) is 12.0 Å². The third-order valence-electron chi connectivity index (χ3n) is 2.76. The molecule has 1 heterocycles. The normalized spacial score (nSPS) is 11.8. The zero-order chi connectivity index (χ0) is 13.2. The maximum atomic E-state index is 8.98. The molecule has 0 radical (unpaired) electrons. The molecule has 2 rings (SSSR count). The first-order valence-corrected chi connectivity index (χ1v) is 6.07. The summed E-state index contributed by atoms with van der Waals surface area (Å²) in [6.45, 7) is 7.08. The first-order chi connectivity index (χ1) is 8.49. The molecule has 0 atom stereocenters. The Morgan fingerprint density at radius 1 is 1.11 bits per heavy atom. The summed E-state index contributed by atoms with van der Waals surface area (Å²) in [5, 5.41) is 13.5. The van der Waals surface area contributed by atoms with Gasteiger partial charge in [0.15, 0.2) is 5.82 Å². The lowest BCUT2D eigenvalue weighted by Crippen LogP contribution is -2.14. The monoisotopic (exact) mass is 245 g/mol. The maximum absolute atomic E-state index is 8.98. The van der Waals surface area contributed by atoms with Gasteiger partial charge in [-0.1, -0.05) is 45.0 Å². The fourth-order valence-electron chi connectivity index (χ4n) is 1.65. The molecule has 4 nitrogen and oxygen atoms in total. The van der Waals surface area contributed by atoms with Gasteiger partial charge in [-0.3, -0.25) is 0 Å². The van der Waals surface area contributed by atoms with Crippen molar-refractivity contribution in [1.29, 1.82) is 0 Å². The van der Waals surface area contributed by atoms with E-state index in [4.69, 9.17) is 5.11 Å². The lowest BCUT2D eigenvalue weighted by molar-refractivity contribution is 0.282. The Morgan fingerprint density at radius 3 is 2.22 bits per heavy atom. The molecule has 0 spiro atoms. The van der Waals surface area contributed by atoms with Crippen LogP contribution in [0.1, 0.15) is 37.7 Å². The van der Waals surface area contributed by atoms with Crippen LogP contribution in [0.3, 0.4) is 0 Å². The van der Waals surface area contributed by atoms with Crippen molar-refractivity contribution in [2.45, 2.75) is 39.3 Å². The molecule has 2 aromatic rings. The van der Waals surface area contributed by atoms with Crippen molar-refractivity contribution < 1.29 is 5.11 Å². The van der Waals surface area contributed by atoms with E-state index in [1.807, 2.05) is 28.9 Å². The smallest absolute Gasteiger partial charge is 0.155 e. The summed E-state index contributed by atoms with van der Waals surface area (Å²) < 4.78 is 1.84. The average molecular weight is 245 g/mol. The van der Waals surface area contributed by atoms with Crippen LogP contribution >= 0.6 is 0 Å². The molecule has 0 saturated heterocycles. The molecule has 1 N–H and O–H groups in total. The highest BCUT2D eigenvalue weighted by molar-refractivity contribution is 5.22. The largest absolute Gasteiger partial charge is 0.392 e. The quantitative estimate of drug-likeness (QED) is 0.901. The summed E-state index contributed by atoms with van der Waals surface area (Å²) in [6, 6.07) is 7.86. The summed E-state index contributed by atoms with van der Waals surface area (Å²) in [4.78, 5) is 4.33. The summed E-state index contributed by atoms with van der Waals surface area (Å²) in [7, 11) is 0. The number of benzene rings is 1. The van der Waals surface area contributed by atoms with Crippen LogP contribution in [0.15, 0.2) is 30.6 Å². The van der Waals surface area contributed by atoms with Crippen molar-refractivity contribution in [3.05, 3.63) is 47.5 Å². The summed E-state index contributed by atoms with van der Waals surface area (Å²) >= 11 is 0. The van der Waals surface area contributed by atoms with E-state index in [1.54, 1.807) is 6.33 Å². The zero-order valence-electron chi connectivity index (χ0n) is 11.1. The number of hydrogen-bond acceptors (Lipinski definition) is 3. The van der Waals surface area contributed by atoms with Crippen molar-refractivity contribution >= 4 is 0 Å². The van der Waals surface area contributed by atoms with Gasteiger partial charge >= 0.3 is 0 Å². The molecule has 0 aliphatic heterocycles. The van der Waals surface area contributed by atoms with Gasteiger partial charge in [0, 0.05) is 5.41 Å². The van der Waals surface area contributed by atoms with Gasteiger partial charge in [-0.25, -0.2) is 9.67 Å². The summed E-state index contributed by atoms with van der Waals surface area (Å²) in [5.41, 5.74) is 2.05. The van der Waals surface area contributed by atoms with Gasteiger partial charge in [0.05, 0.1) is 13.2 Å². The Hall–Kier alpha value is -1.68. The molecule has 0 saturated carbocycles. The van der Waals surface area contributed by atoms with Crippen LogP contribution in [-0.4, -0.2) is 19.9 Å². The second-order valence-electron chi connectivity index (χ2n) is 5.49. The third kappa shape index (κ3) is 2.96. The molecule has 18 heavy (non-hydrogen) atoms. The number of hydrogen-bond donors (Lipinski definition) is 1. The molecule has 4 heteroatoms. The van der Waals surface area contributed by atoms with Crippen LogP contribution < -0.4 is 0 Å². The lowest BCUT2D eigenvalue weighted by Gasteiger charge is -2.12. The maximum Gasteiger partial charge on any atom is 0.155 e. The minimum absolute atomic E-state index is 0.0218. The van der Waals surface area contributed by atoms with Gasteiger partial charge in [0.2, 0.25) is 0 Å². The number of aliphatic hydroxyl groups is 1. The topological polar surface area (TPSA) is 50.9 Å². The summed E-state index contributed by atoms with van der Waals surface area (Å²) in [6.07, 6.45) is 1.76. The number of aromatic nitrogens is 3. The van der Waals surface area contributed by atoms with Gasteiger partial charge < -0.3 is 5.11 Å². The van der Waals surface area contributed by atoms with E-state index in [0.29, 0.717) is 6.54 Å². The SMILES string of the molecule is CC(C)(C)c1ncn(Cc2ccc(CO)cc2)n1. The molecular formula is C14H19N3O. The first-order valence-electron chi connectivity index (χ1n) is 6.07. The van der Waals surface area contributed by atoms with Gasteiger partial charge in [0.1, 0.15) is 6.33 Å².